The summed E-state index contributed by atoms with van der Waals surface area (Å²) in [5.41, 5.74) is 4.25. The van der Waals surface area contributed by atoms with Crippen molar-refractivity contribution in [3.63, 3.8) is 0 Å². The first-order chi connectivity index (χ1) is 32.3. The molecule has 5 fully saturated rings. The van der Waals surface area contributed by atoms with Crippen molar-refractivity contribution in [3.8, 4) is 5.75 Å². The standard InChI is InChI=1S/C49H59ClN10O7/c1-29(2)60-39-7-4-32(20-30(39)22-41(47(60)65)66-27-43(62)51-3)53-44-38(50)25-52-48(55-44)57-15-10-35(11-16-57)67-36-23-34(24-36)58-19-14-49(28-58)12-17-56(18-13-49)33-5-6-37-31(21-33)26-59(46(37)64)40-8-9-42(61)54-45(40)63/h4-7,20-22,25,29,34-36,40H,8-19,23-24,26-28H2,1-3H3,(H,51,62)(H,52,53,55)(H,54,61,63). The van der Waals surface area contributed by atoms with Crippen molar-refractivity contribution in [3.05, 3.63) is 75.2 Å². The van der Waals surface area contributed by atoms with Gasteiger partial charge in [0.1, 0.15) is 11.1 Å². The van der Waals surface area contributed by atoms with E-state index in [0.29, 0.717) is 46.8 Å². The molecule has 0 bridgehead atoms. The smallest absolute Gasteiger partial charge is 0.293 e. The number of nitrogens with zero attached hydrogens (tertiary/aromatic N) is 7. The number of piperidine rings is 3. The number of rotatable bonds is 12. The van der Waals surface area contributed by atoms with Gasteiger partial charge in [0.05, 0.1) is 23.9 Å². The lowest BCUT2D eigenvalue weighted by atomic mass is 9.77. The summed E-state index contributed by atoms with van der Waals surface area (Å²) in [4.78, 5) is 80.9. The molecule has 4 amide bonds. The average molecular weight is 936 g/mol. The number of imide groups is 1. The molecule has 2 aromatic heterocycles. The van der Waals surface area contributed by atoms with Crippen LogP contribution in [0.5, 0.6) is 5.75 Å². The topological polar surface area (TPSA) is 184 Å². The number of hydrogen-bond donors (Lipinski definition) is 3. The van der Waals surface area contributed by atoms with Gasteiger partial charge in [-0.2, -0.15) is 4.98 Å². The van der Waals surface area contributed by atoms with Crippen LogP contribution in [0.3, 0.4) is 0 Å². The number of amides is 4. The number of aromatic nitrogens is 3. The van der Waals surface area contributed by atoms with Gasteiger partial charge < -0.3 is 39.4 Å². The molecule has 6 aliphatic rings. The molecule has 1 aliphatic carbocycles. The molecule has 18 heteroatoms. The van der Waals surface area contributed by atoms with Crippen LogP contribution in [0.4, 0.5) is 23.1 Å². The zero-order valence-corrected chi connectivity index (χ0v) is 39.1. The summed E-state index contributed by atoms with van der Waals surface area (Å²) in [6.45, 7) is 9.81. The third-order valence-electron chi connectivity index (χ3n) is 15.0. The van der Waals surface area contributed by atoms with Gasteiger partial charge in [0, 0.05) is 87.1 Å². The van der Waals surface area contributed by atoms with Gasteiger partial charge in [0.15, 0.2) is 18.2 Å². The fourth-order valence-corrected chi connectivity index (χ4v) is 11.2. The van der Waals surface area contributed by atoms with E-state index in [2.05, 4.69) is 47.8 Å². The molecule has 67 heavy (non-hydrogen) atoms. The summed E-state index contributed by atoms with van der Waals surface area (Å²) >= 11 is 6.62. The molecule has 1 spiro atoms. The first-order valence-electron chi connectivity index (χ1n) is 23.8. The average Bonchev–Trinajstić information content (AvgIpc) is 3.86. The minimum atomic E-state index is -0.601. The summed E-state index contributed by atoms with van der Waals surface area (Å²) < 4.78 is 14.0. The normalized spacial score (nSPS) is 23.2. The second-order valence-corrected chi connectivity index (χ2v) is 19.9. The summed E-state index contributed by atoms with van der Waals surface area (Å²) in [5.74, 6) is 0.0637. The van der Waals surface area contributed by atoms with Gasteiger partial charge in [-0.3, -0.25) is 34.2 Å². The Balaban J connectivity index is 0.680. The number of ether oxygens (including phenoxy) is 2. The molecular formula is C49H59ClN10O7. The number of carbonyl (C=O) groups excluding carboxylic acids is 4. The van der Waals surface area contributed by atoms with Gasteiger partial charge >= 0.3 is 0 Å². The monoisotopic (exact) mass is 934 g/mol. The number of benzene rings is 2. The predicted molar refractivity (Wildman–Crippen MR) is 254 cm³/mol. The molecule has 4 aromatic rings. The second-order valence-electron chi connectivity index (χ2n) is 19.5. The van der Waals surface area contributed by atoms with E-state index < -0.39 is 6.04 Å². The Bertz CT molecular complexity index is 2650. The van der Waals surface area contributed by atoms with E-state index in [4.69, 9.17) is 26.1 Å². The maximum atomic E-state index is 13.3. The van der Waals surface area contributed by atoms with E-state index in [1.54, 1.807) is 21.7 Å². The lowest BCUT2D eigenvalue weighted by Gasteiger charge is -2.45. The highest BCUT2D eigenvalue weighted by molar-refractivity contribution is 6.33. The van der Waals surface area contributed by atoms with Crippen molar-refractivity contribution in [2.24, 2.45) is 5.41 Å². The lowest BCUT2D eigenvalue weighted by molar-refractivity contribution is -0.137. The SMILES string of the molecule is CNC(=O)COc1cc2cc(Nc3nc(N4CCC(OC5CC(N6CCC7(CCN(c8ccc9c(c8)CN(C8CCC(=O)NC8=O)C9=O)CC7)C6)C5)CC4)ncc3Cl)ccc2n(C(C)C)c1=O. The first kappa shape index (κ1) is 45.0. The summed E-state index contributed by atoms with van der Waals surface area (Å²) in [6, 6.07) is 13.3. The van der Waals surface area contributed by atoms with Gasteiger partial charge in [-0.05, 0) is 125 Å². The molecule has 1 saturated carbocycles. The van der Waals surface area contributed by atoms with E-state index in [1.807, 2.05) is 38.1 Å². The van der Waals surface area contributed by atoms with Crippen molar-refractivity contribution >= 4 is 69.3 Å². The van der Waals surface area contributed by atoms with Gasteiger partial charge in [0.25, 0.3) is 17.4 Å². The van der Waals surface area contributed by atoms with Crippen LogP contribution in [0.2, 0.25) is 5.02 Å². The van der Waals surface area contributed by atoms with Crippen LogP contribution >= 0.6 is 11.6 Å². The number of carbonyl (C=O) groups is 4. The maximum Gasteiger partial charge on any atom is 0.293 e. The summed E-state index contributed by atoms with van der Waals surface area (Å²) in [5, 5.41) is 9.40. The van der Waals surface area contributed by atoms with Crippen LogP contribution in [0.1, 0.15) is 93.6 Å². The number of anilines is 4. The van der Waals surface area contributed by atoms with E-state index in [1.165, 1.54) is 13.5 Å². The number of likely N-dealkylation sites (N-methyl/N-ethyl adjacent to an activating group) is 1. The number of hydrogen-bond acceptors (Lipinski definition) is 13. The van der Waals surface area contributed by atoms with E-state index >= 15 is 0 Å². The van der Waals surface area contributed by atoms with Crippen LogP contribution < -0.4 is 36.0 Å². The first-order valence-corrected chi connectivity index (χ1v) is 24.2. The highest BCUT2D eigenvalue weighted by Crippen LogP contribution is 2.45. The molecule has 10 rings (SSSR count). The number of halogens is 1. The Labute approximate surface area is 394 Å². The molecule has 0 radical (unpaired) electrons. The molecule has 5 aliphatic heterocycles. The summed E-state index contributed by atoms with van der Waals surface area (Å²) in [6.07, 6.45) is 10.2. The van der Waals surface area contributed by atoms with Crippen molar-refractivity contribution in [1.29, 1.82) is 0 Å². The van der Waals surface area contributed by atoms with Crippen molar-refractivity contribution in [1.82, 2.24) is 35.0 Å². The molecule has 1 unspecified atom stereocenters. The van der Waals surface area contributed by atoms with Crippen LogP contribution in [0.25, 0.3) is 10.9 Å². The molecule has 3 N–H and O–H groups in total. The third-order valence-corrected chi connectivity index (χ3v) is 15.3. The second kappa shape index (κ2) is 18.4. The minimum Gasteiger partial charge on any atom is -0.478 e. The fraction of sp³-hybridized carbons (Fsp3) is 0.531. The molecule has 17 nitrogen and oxygen atoms in total. The largest absolute Gasteiger partial charge is 0.478 e. The zero-order chi connectivity index (χ0) is 46.6. The number of pyridine rings is 1. The number of nitrogens with one attached hydrogen (secondary N) is 3. The van der Waals surface area contributed by atoms with Crippen molar-refractivity contribution < 1.29 is 28.7 Å². The maximum absolute atomic E-state index is 13.3. The molecule has 354 valence electrons. The molecule has 1 atom stereocenters. The van der Waals surface area contributed by atoms with Crippen molar-refractivity contribution in [2.45, 2.75) is 109 Å². The van der Waals surface area contributed by atoms with Gasteiger partial charge in [-0.25, -0.2) is 4.98 Å². The van der Waals surface area contributed by atoms with Gasteiger partial charge in [-0.1, -0.05) is 11.6 Å². The highest BCUT2D eigenvalue weighted by Gasteiger charge is 2.46. The number of likely N-dealkylation sites (tertiary alicyclic amines) is 1. The molecular weight excluding hydrogens is 876 g/mol. The van der Waals surface area contributed by atoms with E-state index in [-0.39, 0.29) is 66.2 Å². The quantitative estimate of drug-likeness (QED) is 0.159. The van der Waals surface area contributed by atoms with Crippen LogP contribution in [-0.2, 0) is 25.7 Å². The lowest BCUT2D eigenvalue weighted by Crippen LogP contribution is -2.52. The van der Waals surface area contributed by atoms with Crippen LogP contribution in [0, 0.1) is 5.41 Å². The van der Waals surface area contributed by atoms with Gasteiger partial charge in [-0.15, -0.1) is 0 Å². The molecule has 2 aromatic carbocycles. The Morgan fingerprint density at radius 3 is 2.46 bits per heavy atom. The Kier molecular flexibility index (Phi) is 12.3. The fourth-order valence-electron chi connectivity index (χ4n) is 11.1. The van der Waals surface area contributed by atoms with E-state index in [9.17, 15) is 24.0 Å². The van der Waals surface area contributed by atoms with Crippen LogP contribution in [0.15, 0.2) is 53.5 Å². The summed E-state index contributed by atoms with van der Waals surface area (Å²) in [7, 11) is 1.52. The van der Waals surface area contributed by atoms with Crippen molar-refractivity contribution in [2.75, 3.05) is 68.0 Å². The Morgan fingerprint density at radius 2 is 1.72 bits per heavy atom. The molecule has 7 heterocycles. The van der Waals surface area contributed by atoms with Gasteiger partial charge in [0.2, 0.25) is 17.8 Å². The Morgan fingerprint density at radius 1 is 0.940 bits per heavy atom. The molecule has 4 saturated heterocycles. The predicted octanol–water partition coefficient (Wildman–Crippen LogP) is 5.16. The third kappa shape index (κ3) is 9.05. The van der Waals surface area contributed by atoms with E-state index in [0.717, 1.165) is 106 Å². The van der Waals surface area contributed by atoms with Crippen LogP contribution in [-0.4, -0.2) is 125 Å². The minimum absolute atomic E-state index is 0.0989. The highest BCUT2D eigenvalue weighted by atomic mass is 35.5. The Hall–Kier alpha value is -5.78. The number of fused-ring (bicyclic) bond motifs is 2. The zero-order valence-electron chi connectivity index (χ0n) is 38.4.